The molecule has 1 aromatic carbocycles. The molecule has 0 bridgehead atoms. The molecular weight excluding hydrogens is 194 g/mol. The predicted octanol–water partition coefficient (Wildman–Crippen LogP) is 4.13. The molecule has 0 saturated heterocycles. The summed E-state index contributed by atoms with van der Waals surface area (Å²) in [6.45, 7) is 1.43. The van der Waals surface area contributed by atoms with Crippen molar-refractivity contribution >= 4 is 6.08 Å². The Kier molecular flexibility index (Phi) is 3.41. The monoisotopic (exact) mass is 211 g/mol. The smallest absolute Gasteiger partial charge is 0.0587 e. The Hall–Kier alpha value is -1.55. The van der Waals surface area contributed by atoms with Gasteiger partial charge in [-0.3, -0.25) is 0 Å². The van der Waals surface area contributed by atoms with Gasteiger partial charge < -0.3 is 0 Å². The van der Waals surface area contributed by atoms with Crippen LogP contribution in [0.3, 0.4) is 0 Å². The normalized spacial score (nSPS) is 21.4. The third-order valence-corrected chi connectivity index (χ3v) is 3.27. The Bertz CT molecular complexity index is 421. The third-order valence-electron chi connectivity index (χ3n) is 3.27. The summed E-state index contributed by atoms with van der Waals surface area (Å²) in [5.74, 6) is 1.83. The Labute approximate surface area is 97.4 Å². The Balaban J connectivity index is 0.000000292. The van der Waals surface area contributed by atoms with Crippen LogP contribution in [-0.4, -0.2) is 0 Å². The van der Waals surface area contributed by atoms with Crippen molar-refractivity contribution in [3.05, 3.63) is 41.5 Å². The van der Waals surface area contributed by atoms with Crippen LogP contribution < -0.4 is 0 Å². The van der Waals surface area contributed by atoms with Crippen LogP contribution in [-0.2, 0) is 0 Å². The van der Waals surface area contributed by atoms with E-state index in [1.165, 1.54) is 31.7 Å². The van der Waals surface area contributed by atoms with Crippen molar-refractivity contribution in [1.29, 1.82) is 5.26 Å². The van der Waals surface area contributed by atoms with E-state index in [1.807, 2.05) is 0 Å². The van der Waals surface area contributed by atoms with E-state index in [2.05, 4.69) is 36.4 Å². The molecule has 1 atom stereocenters. The lowest BCUT2D eigenvalue weighted by atomic mass is 9.84. The molecule has 1 nitrogen and oxygen atoms in total. The van der Waals surface area contributed by atoms with Crippen LogP contribution in [0.2, 0.25) is 0 Å². The van der Waals surface area contributed by atoms with Gasteiger partial charge in [0.1, 0.15) is 0 Å². The van der Waals surface area contributed by atoms with Gasteiger partial charge in [-0.25, -0.2) is 0 Å². The minimum absolute atomic E-state index is 0.834. The number of rotatable bonds is 1. The first-order valence-electron chi connectivity index (χ1n) is 5.93. The topological polar surface area (TPSA) is 23.8 Å². The minimum atomic E-state index is 0.834. The molecule has 1 heteroatoms. The summed E-state index contributed by atoms with van der Waals surface area (Å²) in [6, 6.07) is 10.6. The highest BCUT2D eigenvalue weighted by atomic mass is 14.4. The first-order chi connectivity index (χ1) is 7.86. The van der Waals surface area contributed by atoms with Crippen LogP contribution in [0.5, 0.6) is 0 Å². The van der Waals surface area contributed by atoms with E-state index in [9.17, 15) is 0 Å². The summed E-state index contributed by atoms with van der Waals surface area (Å²) in [5, 5.41) is 7.32. The molecule has 16 heavy (non-hydrogen) atoms. The molecular formula is C15H17N. The fourth-order valence-electron chi connectivity index (χ4n) is 2.41. The SMILES string of the molecule is C1=Cc2ccccc2C(C2CC2)C1.CC#N. The van der Waals surface area contributed by atoms with Gasteiger partial charge in [0, 0.05) is 6.92 Å². The van der Waals surface area contributed by atoms with Gasteiger partial charge >= 0.3 is 0 Å². The quantitative estimate of drug-likeness (QED) is 0.685. The summed E-state index contributed by atoms with van der Waals surface area (Å²) in [7, 11) is 0. The average molecular weight is 211 g/mol. The number of nitriles is 1. The van der Waals surface area contributed by atoms with Gasteiger partial charge in [-0.1, -0.05) is 36.4 Å². The van der Waals surface area contributed by atoms with E-state index in [-0.39, 0.29) is 0 Å². The van der Waals surface area contributed by atoms with Gasteiger partial charge in [0.15, 0.2) is 0 Å². The van der Waals surface area contributed by atoms with Gasteiger partial charge in [-0.2, -0.15) is 5.26 Å². The predicted molar refractivity (Wildman–Crippen MR) is 66.8 cm³/mol. The van der Waals surface area contributed by atoms with Crippen molar-refractivity contribution in [2.24, 2.45) is 5.92 Å². The molecule has 0 aliphatic heterocycles. The molecule has 0 heterocycles. The second-order valence-corrected chi connectivity index (χ2v) is 4.43. The number of fused-ring (bicyclic) bond motifs is 1. The lowest BCUT2D eigenvalue weighted by Crippen LogP contribution is -2.05. The van der Waals surface area contributed by atoms with Crippen LogP contribution >= 0.6 is 0 Å². The maximum Gasteiger partial charge on any atom is 0.0587 e. The largest absolute Gasteiger partial charge is 0.199 e. The molecule has 0 radical (unpaired) electrons. The summed E-state index contributed by atoms with van der Waals surface area (Å²) in [4.78, 5) is 0. The molecule has 0 N–H and O–H groups in total. The van der Waals surface area contributed by atoms with Crippen molar-refractivity contribution < 1.29 is 0 Å². The van der Waals surface area contributed by atoms with E-state index in [0.29, 0.717) is 0 Å². The Morgan fingerprint density at radius 1 is 1.25 bits per heavy atom. The number of hydrogen-bond donors (Lipinski definition) is 0. The molecule has 2 aliphatic carbocycles. The maximum absolute atomic E-state index is 7.32. The summed E-state index contributed by atoms with van der Waals surface area (Å²) >= 11 is 0. The standard InChI is InChI=1S/C13H14.C2H3N/c1-2-6-12-10(4-1)5-3-7-13(12)11-8-9-11;1-2-3/h1-6,11,13H,7-9H2;1H3. The van der Waals surface area contributed by atoms with E-state index in [4.69, 9.17) is 5.26 Å². The van der Waals surface area contributed by atoms with Crippen molar-refractivity contribution in [2.75, 3.05) is 0 Å². The van der Waals surface area contributed by atoms with E-state index in [1.54, 1.807) is 11.6 Å². The van der Waals surface area contributed by atoms with Crippen molar-refractivity contribution in [3.63, 3.8) is 0 Å². The van der Waals surface area contributed by atoms with Crippen LogP contribution in [0.15, 0.2) is 30.3 Å². The molecule has 82 valence electrons. The molecule has 0 amide bonds. The molecule has 1 aromatic rings. The van der Waals surface area contributed by atoms with E-state index < -0.39 is 0 Å². The molecule has 3 rings (SSSR count). The second kappa shape index (κ2) is 4.99. The molecule has 0 spiro atoms. The Morgan fingerprint density at radius 3 is 2.62 bits per heavy atom. The summed E-state index contributed by atoms with van der Waals surface area (Å²) < 4.78 is 0. The number of hydrogen-bond acceptors (Lipinski definition) is 1. The third kappa shape index (κ3) is 2.33. The first kappa shape index (κ1) is 11.0. The lowest BCUT2D eigenvalue weighted by Gasteiger charge is -2.20. The number of nitrogens with zero attached hydrogens (tertiary/aromatic N) is 1. The molecule has 2 aliphatic rings. The highest BCUT2D eigenvalue weighted by molar-refractivity contribution is 5.57. The van der Waals surface area contributed by atoms with Gasteiger partial charge in [0.25, 0.3) is 0 Å². The zero-order chi connectivity index (χ0) is 11.4. The zero-order valence-electron chi connectivity index (χ0n) is 9.69. The van der Waals surface area contributed by atoms with E-state index >= 15 is 0 Å². The molecule has 0 aromatic heterocycles. The van der Waals surface area contributed by atoms with Gasteiger partial charge in [0.05, 0.1) is 6.07 Å². The molecule has 1 unspecified atom stereocenters. The summed E-state index contributed by atoms with van der Waals surface area (Å²) in [6.07, 6.45) is 8.78. The Morgan fingerprint density at radius 2 is 1.94 bits per heavy atom. The zero-order valence-corrected chi connectivity index (χ0v) is 9.69. The van der Waals surface area contributed by atoms with Crippen molar-refractivity contribution in [1.82, 2.24) is 0 Å². The van der Waals surface area contributed by atoms with Gasteiger partial charge in [0.2, 0.25) is 0 Å². The minimum Gasteiger partial charge on any atom is -0.199 e. The van der Waals surface area contributed by atoms with E-state index in [0.717, 1.165) is 11.8 Å². The second-order valence-electron chi connectivity index (χ2n) is 4.43. The molecule has 1 fully saturated rings. The first-order valence-corrected chi connectivity index (χ1v) is 5.93. The van der Waals surface area contributed by atoms with Crippen LogP contribution in [0.25, 0.3) is 6.08 Å². The highest BCUT2D eigenvalue weighted by Gasteiger charge is 2.33. The van der Waals surface area contributed by atoms with Crippen molar-refractivity contribution in [2.45, 2.75) is 32.1 Å². The lowest BCUT2D eigenvalue weighted by molar-refractivity contribution is 0.609. The molecule has 1 saturated carbocycles. The fourth-order valence-corrected chi connectivity index (χ4v) is 2.41. The average Bonchev–Trinajstić information content (AvgIpc) is 3.13. The van der Waals surface area contributed by atoms with Crippen LogP contribution in [0.4, 0.5) is 0 Å². The van der Waals surface area contributed by atoms with Crippen LogP contribution in [0.1, 0.15) is 43.2 Å². The highest BCUT2D eigenvalue weighted by Crippen LogP contribution is 2.47. The van der Waals surface area contributed by atoms with Crippen molar-refractivity contribution in [3.8, 4) is 6.07 Å². The fraction of sp³-hybridized carbons (Fsp3) is 0.400. The van der Waals surface area contributed by atoms with Gasteiger partial charge in [-0.05, 0) is 42.2 Å². The number of allylic oxidation sites excluding steroid dienone is 1. The van der Waals surface area contributed by atoms with Gasteiger partial charge in [-0.15, -0.1) is 0 Å². The maximum atomic E-state index is 7.32. The summed E-state index contributed by atoms with van der Waals surface area (Å²) in [5.41, 5.74) is 3.04. The van der Waals surface area contributed by atoms with Crippen LogP contribution in [0, 0.1) is 17.2 Å². The number of benzene rings is 1.